The Balaban J connectivity index is 1.39. The Labute approximate surface area is 193 Å². The predicted octanol–water partition coefficient (Wildman–Crippen LogP) is 4.07. The molecule has 1 fully saturated rings. The molecule has 5 rings (SSSR count). The number of nitrogens with zero attached hydrogens (tertiary/aromatic N) is 6. The Morgan fingerprint density at radius 3 is 2.55 bits per heavy atom. The number of methoxy groups -OCH3 is 1. The quantitative estimate of drug-likeness (QED) is 0.334. The molecule has 2 aromatic heterocycles. The van der Waals surface area contributed by atoms with E-state index in [1.165, 1.54) is 17.7 Å². The minimum absolute atomic E-state index is 0.126. The van der Waals surface area contributed by atoms with E-state index in [4.69, 9.17) is 4.74 Å². The first-order chi connectivity index (χ1) is 16.1. The molecule has 4 aromatic rings. The molecule has 0 spiro atoms. The van der Waals surface area contributed by atoms with Crippen LogP contribution in [0.15, 0.2) is 54.9 Å². The standard InChI is InChI=1S/C22H21N7O3S/c1-32-16-7-8-17-18(13-16)33-22(25-17)26-20-19(29(30)31)21(24-14-23-20)28-11-9-27(10-12-28)15-5-3-2-4-6-15/h2-8,13-14H,9-12H2,1H3,(H,23,24,25,26). The van der Waals surface area contributed by atoms with Gasteiger partial charge in [-0.3, -0.25) is 10.1 Å². The van der Waals surface area contributed by atoms with Crippen molar-refractivity contribution in [2.24, 2.45) is 0 Å². The van der Waals surface area contributed by atoms with Crippen LogP contribution in [-0.2, 0) is 0 Å². The third kappa shape index (κ3) is 4.22. The summed E-state index contributed by atoms with van der Waals surface area (Å²) in [5, 5.41) is 15.6. The van der Waals surface area contributed by atoms with Crippen LogP contribution in [0.25, 0.3) is 10.2 Å². The zero-order valence-corrected chi connectivity index (χ0v) is 18.7. The lowest BCUT2D eigenvalue weighted by Crippen LogP contribution is -2.47. The molecular formula is C22H21N7O3S. The molecule has 3 heterocycles. The average Bonchev–Trinajstić information content (AvgIpc) is 3.25. The molecule has 10 nitrogen and oxygen atoms in total. The van der Waals surface area contributed by atoms with Gasteiger partial charge in [-0.15, -0.1) is 0 Å². The number of ether oxygens (including phenoxy) is 1. The van der Waals surface area contributed by atoms with Crippen molar-refractivity contribution in [1.29, 1.82) is 0 Å². The van der Waals surface area contributed by atoms with Gasteiger partial charge in [0.2, 0.25) is 11.6 Å². The third-order valence-corrected chi connectivity index (χ3v) is 6.44. The van der Waals surface area contributed by atoms with E-state index in [1.807, 2.05) is 41.3 Å². The highest BCUT2D eigenvalue weighted by molar-refractivity contribution is 7.22. The van der Waals surface area contributed by atoms with Gasteiger partial charge in [0.1, 0.15) is 12.1 Å². The monoisotopic (exact) mass is 463 g/mol. The van der Waals surface area contributed by atoms with Crippen LogP contribution in [0.2, 0.25) is 0 Å². The van der Waals surface area contributed by atoms with Gasteiger partial charge in [0.25, 0.3) is 0 Å². The second-order valence-corrected chi connectivity index (χ2v) is 8.47. The molecule has 1 aliphatic rings. The highest BCUT2D eigenvalue weighted by atomic mass is 32.1. The molecule has 33 heavy (non-hydrogen) atoms. The second kappa shape index (κ2) is 8.87. The largest absolute Gasteiger partial charge is 0.497 e. The van der Waals surface area contributed by atoms with E-state index in [0.717, 1.165) is 34.7 Å². The van der Waals surface area contributed by atoms with Gasteiger partial charge in [-0.25, -0.2) is 15.0 Å². The van der Waals surface area contributed by atoms with Gasteiger partial charge in [-0.05, 0) is 30.3 Å². The number of hydrogen-bond acceptors (Lipinski definition) is 10. The minimum Gasteiger partial charge on any atom is -0.497 e. The maximum absolute atomic E-state index is 12.0. The van der Waals surface area contributed by atoms with E-state index >= 15 is 0 Å². The van der Waals surface area contributed by atoms with Crippen molar-refractivity contribution in [2.75, 3.05) is 48.4 Å². The first kappa shape index (κ1) is 20.9. The summed E-state index contributed by atoms with van der Waals surface area (Å²) in [5.74, 6) is 1.16. The number of thiazole rings is 1. The molecule has 1 N–H and O–H groups in total. The van der Waals surface area contributed by atoms with E-state index in [9.17, 15) is 10.1 Å². The highest BCUT2D eigenvalue weighted by Crippen LogP contribution is 2.36. The van der Waals surface area contributed by atoms with Crippen LogP contribution in [0.4, 0.5) is 28.1 Å². The maximum Gasteiger partial charge on any atom is 0.353 e. The summed E-state index contributed by atoms with van der Waals surface area (Å²) < 4.78 is 6.17. The van der Waals surface area contributed by atoms with Crippen molar-refractivity contribution in [3.05, 3.63) is 65.0 Å². The molecule has 11 heteroatoms. The summed E-state index contributed by atoms with van der Waals surface area (Å²) in [6.45, 7) is 2.72. The number of rotatable bonds is 6. The molecular weight excluding hydrogens is 442 g/mol. The van der Waals surface area contributed by atoms with Crippen LogP contribution >= 0.6 is 11.3 Å². The zero-order chi connectivity index (χ0) is 22.8. The first-order valence-corrected chi connectivity index (χ1v) is 11.2. The van der Waals surface area contributed by atoms with Crippen LogP contribution in [0.3, 0.4) is 0 Å². The Kier molecular flexibility index (Phi) is 5.61. The van der Waals surface area contributed by atoms with Crippen molar-refractivity contribution in [3.63, 3.8) is 0 Å². The number of nitrogens with one attached hydrogen (secondary N) is 1. The third-order valence-electron chi connectivity index (χ3n) is 5.51. The summed E-state index contributed by atoms with van der Waals surface area (Å²) in [5.41, 5.74) is 1.77. The molecule has 2 aromatic carbocycles. The molecule has 0 aliphatic carbocycles. The molecule has 168 valence electrons. The maximum atomic E-state index is 12.0. The molecule has 0 saturated carbocycles. The van der Waals surface area contributed by atoms with Crippen molar-refractivity contribution < 1.29 is 9.66 Å². The second-order valence-electron chi connectivity index (χ2n) is 7.44. The molecule has 0 atom stereocenters. The Bertz CT molecular complexity index is 1290. The number of anilines is 4. The summed E-state index contributed by atoms with van der Waals surface area (Å²) in [6, 6.07) is 15.7. The van der Waals surface area contributed by atoms with Crippen LogP contribution in [0.1, 0.15) is 0 Å². The fourth-order valence-corrected chi connectivity index (χ4v) is 4.76. The fraction of sp³-hybridized carbons (Fsp3) is 0.227. The minimum atomic E-state index is -0.433. The molecule has 1 saturated heterocycles. The summed E-state index contributed by atoms with van der Waals surface area (Å²) >= 11 is 1.38. The van der Waals surface area contributed by atoms with Crippen molar-refractivity contribution >= 4 is 49.7 Å². The fourth-order valence-electron chi connectivity index (χ4n) is 3.86. The van der Waals surface area contributed by atoms with Crippen LogP contribution < -0.4 is 19.9 Å². The van der Waals surface area contributed by atoms with Gasteiger partial charge in [-0.1, -0.05) is 29.5 Å². The molecule has 1 aliphatic heterocycles. The predicted molar refractivity (Wildman–Crippen MR) is 129 cm³/mol. The van der Waals surface area contributed by atoms with Crippen molar-refractivity contribution in [3.8, 4) is 5.75 Å². The van der Waals surface area contributed by atoms with Crippen LogP contribution in [0, 0.1) is 10.1 Å². The molecule has 0 amide bonds. The van der Waals surface area contributed by atoms with Gasteiger partial charge in [-0.2, -0.15) is 0 Å². The molecule has 0 radical (unpaired) electrons. The van der Waals surface area contributed by atoms with Gasteiger partial charge in [0, 0.05) is 31.9 Å². The average molecular weight is 464 g/mol. The Morgan fingerprint density at radius 2 is 1.82 bits per heavy atom. The smallest absolute Gasteiger partial charge is 0.353 e. The van der Waals surface area contributed by atoms with E-state index in [0.29, 0.717) is 24.0 Å². The van der Waals surface area contributed by atoms with Crippen LogP contribution in [-0.4, -0.2) is 53.2 Å². The Hall–Kier alpha value is -3.99. The van der Waals surface area contributed by atoms with Crippen LogP contribution in [0.5, 0.6) is 5.75 Å². The molecule has 0 bridgehead atoms. The summed E-state index contributed by atoms with van der Waals surface area (Å²) in [4.78, 5) is 28.7. The number of para-hydroxylation sites is 1. The number of piperazine rings is 1. The lowest BCUT2D eigenvalue weighted by Gasteiger charge is -2.36. The van der Waals surface area contributed by atoms with Gasteiger partial charge in [0.15, 0.2) is 5.13 Å². The summed E-state index contributed by atoms with van der Waals surface area (Å²) in [6.07, 6.45) is 1.35. The van der Waals surface area contributed by atoms with Gasteiger partial charge >= 0.3 is 5.69 Å². The molecule has 0 unspecified atom stereocenters. The lowest BCUT2D eigenvalue weighted by molar-refractivity contribution is -0.383. The van der Waals surface area contributed by atoms with E-state index in [2.05, 4.69) is 37.3 Å². The van der Waals surface area contributed by atoms with E-state index < -0.39 is 4.92 Å². The highest BCUT2D eigenvalue weighted by Gasteiger charge is 2.30. The van der Waals surface area contributed by atoms with Gasteiger partial charge < -0.3 is 19.9 Å². The number of fused-ring (bicyclic) bond motifs is 1. The SMILES string of the molecule is COc1ccc2nc(Nc3ncnc(N4CCN(c5ccccc5)CC4)c3[N+](=O)[O-])sc2c1. The number of aromatic nitrogens is 3. The topological polar surface area (TPSA) is 110 Å². The Morgan fingerprint density at radius 1 is 1.06 bits per heavy atom. The van der Waals surface area contributed by atoms with E-state index in [-0.39, 0.29) is 11.5 Å². The number of benzene rings is 2. The number of hydrogen-bond donors (Lipinski definition) is 1. The normalized spacial score (nSPS) is 13.8. The van der Waals surface area contributed by atoms with Crippen molar-refractivity contribution in [2.45, 2.75) is 0 Å². The van der Waals surface area contributed by atoms with Crippen molar-refractivity contribution in [1.82, 2.24) is 15.0 Å². The first-order valence-electron chi connectivity index (χ1n) is 10.4. The number of nitro groups is 1. The lowest BCUT2D eigenvalue weighted by atomic mass is 10.2. The zero-order valence-electron chi connectivity index (χ0n) is 17.8. The summed E-state index contributed by atoms with van der Waals surface area (Å²) in [7, 11) is 1.60. The van der Waals surface area contributed by atoms with Gasteiger partial charge in [0.05, 0.1) is 22.2 Å². The van der Waals surface area contributed by atoms with E-state index in [1.54, 1.807) is 7.11 Å².